The standard InChI is InChI=1S/C20H16N2OS/c1-13-9-10-16(22-12-14-6-4-5-11-21-14)18-19(23)15-7-2-3-8-17(15)24-20(13)18/h2-11,22H,12H2,1H3. The normalized spacial score (nSPS) is 11.0. The molecule has 2 aromatic carbocycles. The maximum absolute atomic E-state index is 13.0. The van der Waals surface area contributed by atoms with Gasteiger partial charge in [0.25, 0.3) is 0 Å². The lowest BCUT2D eigenvalue weighted by Crippen LogP contribution is -2.08. The van der Waals surface area contributed by atoms with Gasteiger partial charge in [-0.05, 0) is 42.8 Å². The zero-order valence-corrected chi connectivity index (χ0v) is 14.1. The third-order valence-corrected chi connectivity index (χ3v) is 5.42. The highest BCUT2D eigenvalue weighted by Gasteiger charge is 2.12. The molecule has 118 valence electrons. The van der Waals surface area contributed by atoms with E-state index >= 15 is 0 Å². The van der Waals surface area contributed by atoms with Gasteiger partial charge in [-0.3, -0.25) is 9.78 Å². The number of aromatic nitrogens is 1. The maximum atomic E-state index is 13.0. The molecule has 0 aliphatic heterocycles. The van der Waals surface area contributed by atoms with Crippen LogP contribution < -0.4 is 10.7 Å². The highest BCUT2D eigenvalue weighted by molar-refractivity contribution is 7.24. The average Bonchev–Trinajstić information content (AvgIpc) is 2.63. The Labute approximate surface area is 143 Å². The summed E-state index contributed by atoms with van der Waals surface area (Å²) >= 11 is 1.67. The van der Waals surface area contributed by atoms with Crippen molar-refractivity contribution < 1.29 is 0 Å². The molecule has 0 bridgehead atoms. The Morgan fingerprint density at radius 1 is 1.04 bits per heavy atom. The summed E-state index contributed by atoms with van der Waals surface area (Å²) in [7, 11) is 0. The van der Waals surface area contributed by atoms with Crippen molar-refractivity contribution in [2.75, 3.05) is 5.32 Å². The third-order valence-electron chi connectivity index (χ3n) is 4.11. The van der Waals surface area contributed by atoms with Gasteiger partial charge in [-0.15, -0.1) is 11.3 Å². The second-order valence-corrected chi connectivity index (χ2v) is 6.79. The summed E-state index contributed by atoms with van der Waals surface area (Å²) < 4.78 is 2.07. The molecule has 0 spiro atoms. The smallest absolute Gasteiger partial charge is 0.197 e. The maximum Gasteiger partial charge on any atom is 0.197 e. The van der Waals surface area contributed by atoms with Crippen LogP contribution in [0.3, 0.4) is 0 Å². The fourth-order valence-corrected chi connectivity index (χ4v) is 4.04. The Morgan fingerprint density at radius 2 is 1.88 bits per heavy atom. The van der Waals surface area contributed by atoms with Gasteiger partial charge in [0.1, 0.15) is 0 Å². The van der Waals surface area contributed by atoms with Crippen LogP contribution in [-0.4, -0.2) is 4.98 Å². The number of hydrogen-bond acceptors (Lipinski definition) is 4. The van der Waals surface area contributed by atoms with Crippen molar-refractivity contribution >= 4 is 37.2 Å². The Balaban J connectivity index is 1.88. The van der Waals surface area contributed by atoms with Crippen LogP contribution in [0.2, 0.25) is 0 Å². The van der Waals surface area contributed by atoms with Crippen LogP contribution in [0.4, 0.5) is 5.69 Å². The Hall–Kier alpha value is -2.72. The first-order valence-electron chi connectivity index (χ1n) is 7.83. The van der Waals surface area contributed by atoms with Crippen LogP contribution in [0.15, 0.2) is 65.6 Å². The number of fused-ring (bicyclic) bond motifs is 2. The average molecular weight is 332 g/mol. The van der Waals surface area contributed by atoms with Gasteiger partial charge < -0.3 is 5.32 Å². The van der Waals surface area contributed by atoms with Gasteiger partial charge in [0.2, 0.25) is 0 Å². The lowest BCUT2D eigenvalue weighted by atomic mass is 10.1. The second-order valence-electron chi connectivity index (χ2n) is 5.74. The van der Waals surface area contributed by atoms with Gasteiger partial charge in [0.15, 0.2) is 5.43 Å². The first kappa shape index (κ1) is 14.8. The van der Waals surface area contributed by atoms with Gasteiger partial charge in [0.05, 0.1) is 17.6 Å². The second kappa shape index (κ2) is 6.06. The van der Waals surface area contributed by atoms with Crippen molar-refractivity contribution in [2.24, 2.45) is 0 Å². The van der Waals surface area contributed by atoms with Crippen molar-refractivity contribution in [2.45, 2.75) is 13.5 Å². The fraction of sp³-hybridized carbons (Fsp3) is 0.100. The van der Waals surface area contributed by atoms with E-state index in [9.17, 15) is 4.79 Å². The van der Waals surface area contributed by atoms with Crippen LogP contribution in [-0.2, 0) is 6.54 Å². The van der Waals surface area contributed by atoms with Gasteiger partial charge in [-0.2, -0.15) is 0 Å². The van der Waals surface area contributed by atoms with Crippen molar-refractivity contribution in [3.05, 3.63) is 82.3 Å². The van der Waals surface area contributed by atoms with Crippen molar-refractivity contribution in [3.8, 4) is 0 Å². The summed E-state index contributed by atoms with van der Waals surface area (Å²) in [5, 5.41) is 4.93. The zero-order valence-electron chi connectivity index (χ0n) is 13.2. The molecule has 0 aliphatic carbocycles. The van der Waals surface area contributed by atoms with E-state index in [2.05, 4.69) is 23.3 Å². The van der Waals surface area contributed by atoms with E-state index in [1.165, 1.54) is 0 Å². The monoisotopic (exact) mass is 332 g/mol. The molecule has 3 nitrogen and oxygen atoms in total. The summed E-state index contributed by atoms with van der Waals surface area (Å²) in [6.07, 6.45) is 1.78. The zero-order chi connectivity index (χ0) is 16.5. The molecule has 4 aromatic rings. The fourth-order valence-electron chi connectivity index (χ4n) is 2.87. The molecule has 0 saturated carbocycles. The van der Waals surface area contributed by atoms with E-state index in [-0.39, 0.29) is 5.43 Å². The number of benzene rings is 2. The molecule has 0 saturated heterocycles. The molecular weight excluding hydrogens is 316 g/mol. The van der Waals surface area contributed by atoms with Crippen LogP contribution in [0, 0.1) is 6.92 Å². The van der Waals surface area contributed by atoms with Gasteiger partial charge in [-0.25, -0.2) is 0 Å². The Kier molecular flexibility index (Phi) is 3.75. The van der Waals surface area contributed by atoms with E-state index in [1.807, 2.05) is 48.5 Å². The minimum Gasteiger partial charge on any atom is -0.379 e. The van der Waals surface area contributed by atoms with E-state index in [0.717, 1.165) is 37.1 Å². The molecule has 0 amide bonds. The number of nitrogens with one attached hydrogen (secondary N) is 1. The minimum atomic E-state index is 0.0894. The van der Waals surface area contributed by atoms with Gasteiger partial charge in [-0.1, -0.05) is 24.3 Å². The lowest BCUT2D eigenvalue weighted by molar-refractivity contribution is 1.05. The molecule has 4 heteroatoms. The predicted octanol–water partition coefficient (Wildman–Crippen LogP) is 4.73. The molecule has 0 atom stereocenters. The molecule has 2 aromatic heterocycles. The SMILES string of the molecule is Cc1ccc(NCc2ccccn2)c2c(=O)c3ccccc3sc12. The van der Waals surface area contributed by atoms with Crippen molar-refractivity contribution in [3.63, 3.8) is 0 Å². The first-order valence-corrected chi connectivity index (χ1v) is 8.64. The van der Waals surface area contributed by atoms with Crippen LogP contribution in [0.1, 0.15) is 11.3 Å². The highest BCUT2D eigenvalue weighted by atomic mass is 32.1. The molecule has 0 radical (unpaired) electrons. The predicted molar refractivity (Wildman–Crippen MR) is 102 cm³/mol. The summed E-state index contributed by atoms with van der Waals surface area (Å²) in [5.41, 5.74) is 3.03. The van der Waals surface area contributed by atoms with Gasteiger partial charge >= 0.3 is 0 Å². The van der Waals surface area contributed by atoms with Crippen molar-refractivity contribution in [1.29, 1.82) is 0 Å². The highest BCUT2D eigenvalue weighted by Crippen LogP contribution is 2.31. The van der Waals surface area contributed by atoms with Crippen LogP contribution in [0.25, 0.3) is 20.2 Å². The van der Waals surface area contributed by atoms with Crippen LogP contribution in [0.5, 0.6) is 0 Å². The molecule has 0 unspecified atom stereocenters. The topological polar surface area (TPSA) is 42.0 Å². The Bertz CT molecular complexity index is 1090. The minimum absolute atomic E-state index is 0.0894. The summed E-state index contributed by atoms with van der Waals surface area (Å²) in [6.45, 7) is 2.64. The number of aryl methyl sites for hydroxylation is 1. The Morgan fingerprint density at radius 3 is 2.71 bits per heavy atom. The molecule has 4 rings (SSSR count). The van der Waals surface area contributed by atoms with E-state index in [0.29, 0.717) is 6.54 Å². The molecule has 2 heterocycles. The molecule has 0 fully saturated rings. The summed E-state index contributed by atoms with van der Waals surface area (Å²) in [5.74, 6) is 0. The quantitative estimate of drug-likeness (QED) is 0.552. The lowest BCUT2D eigenvalue weighted by Gasteiger charge is -2.11. The van der Waals surface area contributed by atoms with E-state index in [1.54, 1.807) is 17.5 Å². The van der Waals surface area contributed by atoms with Crippen LogP contribution >= 0.6 is 11.3 Å². The molecular formula is C20H16N2OS. The largest absolute Gasteiger partial charge is 0.379 e. The third kappa shape index (κ3) is 2.55. The van der Waals surface area contributed by atoms with Gasteiger partial charge in [0, 0.05) is 26.7 Å². The van der Waals surface area contributed by atoms with Crippen molar-refractivity contribution in [1.82, 2.24) is 4.98 Å². The van der Waals surface area contributed by atoms with E-state index in [4.69, 9.17) is 0 Å². The first-order chi connectivity index (χ1) is 11.7. The molecule has 0 aliphatic rings. The summed E-state index contributed by atoms with van der Waals surface area (Å²) in [4.78, 5) is 17.3. The molecule has 1 N–H and O–H groups in total. The number of hydrogen-bond donors (Lipinski definition) is 1. The van der Waals surface area contributed by atoms with E-state index < -0.39 is 0 Å². The number of nitrogens with zero attached hydrogens (tertiary/aromatic N) is 1. The number of anilines is 1. The summed E-state index contributed by atoms with van der Waals surface area (Å²) in [6, 6.07) is 17.7. The number of pyridine rings is 1. The molecule has 24 heavy (non-hydrogen) atoms. The number of rotatable bonds is 3.